The number of nitrogens with one attached hydrogen (secondary N) is 1. The third kappa shape index (κ3) is 3.87. The van der Waals surface area contributed by atoms with Crippen molar-refractivity contribution in [1.29, 1.82) is 0 Å². The maximum atomic E-state index is 13.0. The number of furan rings is 1. The monoisotopic (exact) mass is 505 g/mol. The van der Waals surface area contributed by atoms with E-state index in [-0.39, 0.29) is 24.2 Å². The van der Waals surface area contributed by atoms with Crippen molar-refractivity contribution in [2.45, 2.75) is 44.6 Å². The van der Waals surface area contributed by atoms with Crippen LogP contribution in [-0.2, 0) is 11.3 Å². The van der Waals surface area contributed by atoms with Crippen molar-refractivity contribution in [2.24, 2.45) is 28.9 Å². The molecule has 1 aliphatic heterocycles. The van der Waals surface area contributed by atoms with Gasteiger partial charge in [-0.25, -0.2) is 0 Å². The molecule has 190 valence electrons. The number of halogens is 1. The Bertz CT molecular complexity index is 1270. The molecule has 0 radical (unpaired) electrons. The molecule has 3 aromatic rings. The van der Waals surface area contributed by atoms with Gasteiger partial charge >= 0.3 is 0 Å². The molecular formula is C30H36ClN3O2. The molecule has 4 saturated carbocycles. The van der Waals surface area contributed by atoms with Crippen LogP contribution in [0.2, 0.25) is 0 Å². The predicted octanol–water partition coefficient (Wildman–Crippen LogP) is 5.32. The summed E-state index contributed by atoms with van der Waals surface area (Å²) in [5, 5.41) is 4.56. The minimum absolute atomic E-state index is 0. The molecule has 2 heterocycles. The Hall–Kier alpha value is -2.34. The van der Waals surface area contributed by atoms with Crippen molar-refractivity contribution in [2.75, 3.05) is 26.2 Å². The smallest absolute Gasteiger partial charge is 0.224 e. The zero-order chi connectivity index (χ0) is 23.6. The molecule has 1 saturated heterocycles. The maximum absolute atomic E-state index is 13.0. The van der Waals surface area contributed by atoms with Crippen LogP contribution in [0.25, 0.3) is 22.3 Å². The van der Waals surface area contributed by atoms with Crippen LogP contribution in [0.3, 0.4) is 0 Å². The van der Waals surface area contributed by atoms with Gasteiger partial charge in [-0.15, -0.1) is 12.4 Å². The van der Waals surface area contributed by atoms with E-state index in [0.29, 0.717) is 17.8 Å². The van der Waals surface area contributed by atoms with Crippen molar-refractivity contribution in [1.82, 2.24) is 10.2 Å². The largest absolute Gasteiger partial charge is 0.456 e. The lowest BCUT2D eigenvalue weighted by Gasteiger charge is -2.60. The number of rotatable bonds is 5. The quantitative estimate of drug-likeness (QED) is 0.492. The first-order chi connectivity index (χ1) is 17.1. The predicted molar refractivity (Wildman–Crippen MR) is 145 cm³/mol. The Balaban J connectivity index is 0.00000240. The molecule has 8 rings (SSSR count). The SMILES string of the molecule is Cl.NC(=O)C12CC3CC(CC(C3)C1c1ccccc1-c1cc3ccc(CN4CCNCC4)cc3o1)C2. The van der Waals surface area contributed by atoms with Crippen molar-refractivity contribution in [3.8, 4) is 11.3 Å². The summed E-state index contributed by atoms with van der Waals surface area (Å²) in [4.78, 5) is 15.5. The number of benzene rings is 2. The Labute approximate surface area is 219 Å². The maximum Gasteiger partial charge on any atom is 0.224 e. The molecule has 5 aliphatic rings. The van der Waals surface area contributed by atoms with E-state index < -0.39 is 5.41 Å². The zero-order valence-electron chi connectivity index (χ0n) is 20.7. The molecule has 0 spiro atoms. The summed E-state index contributed by atoms with van der Waals surface area (Å²) in [6.45, 7) is 5.24. The van der Waals surface area contributed by atoms with Crippen molar-refractivity contribution in [3.05, 3.63) is 59.7 Å². The number of carbonyl (C=O) groups excluding carboxylic acids is 1. The Morgan fingerprint density at radius 1 is 1.03 bits per heavy atom. The molecule has 2 aromatic carbocycles. The second-order valence-corrected chi connectivity index (χ2v) is 11.7. The number of hydrogen-bond acceptors (Lipinski definition) is 4. The molecule has 1 aromatic heterocycles. The minimum Gasteiger partial charge on any atom is -0.456 e. The molecule has 3 atom stereocenters. The first-order valence-corrected chi connectivity index (χ1v) is 13.4. The van der Waals surface area contributed by atoms with Gasteiger partial charge in [0.15, 0.2) is 0 Å². The lowest BCUT2D eigenvalue weighted by atomic mass is 9.43. The van der Waals surface area contributed by atoms with E-state index in [1.54, 1.807) is 0 Å². The molecule has 3 N–H and O–H groups in total. The van der Waals surface area contributed by atoms with E-state index in [2.05, 4.69) is 58.7 Å². The number of nitrogens with two attached hydrogens (primary N) is 1. The number of amides is 1. The van der Waals surface area contributed by atoms with Gasteiger partial charge < -0.3 is 15.5 Å². The fourth-order valence-electron chi connectivity index (χ4n) is 8.37. The lowest BCUT2D eigenvalue weighted by molar-refractivity contribution is -0.147. The van der Waals surface area contributed by atoms with Gasteiger partial charge in [0.1, 0.15) is 11.3 Å². The molecular weight excluding hydrogens is 470 g/mol. The number of primary amides is 1. The Morgan fingerprint density at radius 3 is 2.53 bits per heavy atom. The summed E-state index contributed by atoms with van der Waals surface area (Å²) in [5.41, 5.74) is 10.4. The van der Waals surface area contributed by atoms with Crippen LogP contribution in [0.1, 0.15) is 49.1 Å². The van der Waals surface area contributed by atoms with Gasteiger partial charge in [-0.05, 0) is 73.1 Å². The first kappa shape index (κ1) is 24.0. The molecule has 36 heavy (non-hydrogen) atoms. The second kappa shape index (κ2) is 9.20. The average molecular weight is 506 g/mol. The number of fused-ring (bicyclic) bond motifs is 1. The van der Waals surface area contributed by atoms with E-state index in [1.165, 1.54) is 30.4 Å². The van der Waals surface area contributed by atoms with E-state index in [1.807, 2.05) is 0 Å². The number of carbonyl (C=O) groups is 1. The standard InChI is InChI=1S/C30H35N3O2.ClH/c31-29(34)30-16-20-11-21(17-30)13-23(12-20)28(30)25-4-2-1-3-24(25)27-15-22-6-5-19(14-26(22)35-27)18-33-9-7-32-8-10-33;/h1-6,14-15,20-21,23,28,32H,7-13,16-18H2,(H2,31,34);1H. The van der Waals surface area contributed by atoms with Crippen LogP contribution in [0.15, 0.2) is 52.9 Å². The van der Waals surface area contributed by atoms with Gasteiger partial charge in [0.25, 0.3) is 0 Å². The van der Waals surface area contributed by atoms with Crippen LogP contribution in [-0.4, -0.2) is 37.0 Å². The molecule has 3 unspecified atom stereocenters. The fraction of sp³-hybridized carbons (Fsp3) is 0.500. The molecule has 6 heteroatoms. The average Bonchev–Trinajstić information content (AvgIpc) is 3.27. The minimum atomic E-state index is -0.395. The van der Waals surface area contributed by atoms with Gasteiger partial charge in [-0.1, -0.05) is 36.4 Å². The van der Waals surface area contributed by atoms with Crippen molar-refractivity contribution < 1.29 is 9.21 Å². The topological polar surface area (TPSA) is 71.5 Å². The van der Waals surface area contributed by atoms with Gasteiger partial charge in [-0.2, -0.15) is 0 Å². The summed E-state index contributed by atoms with van der Waals surface area (Å²) >= 11 is 0. The molecule has 4 bridgehead atoms. The summed E-state index contributed by atoms with van der Waals surface area (Å²) < 4.78 is 6.51. The summed E-state index contributed by atoms with van der Waals surface area (Å²) in [6.07, 6.45) is 5.69. The van der Waals surface area contributed by atoms with Gasteiger partial charge in [-0.3, -0.25) is 9.69 Å². The van der Waals surface area contributed by atoms with Crippen LogP contribution in [0.5, 0.6) is 0 Å². The number of hydrogen-bond donors (Lipinski definition) is 2. The third-order valence-corrected chi connectivity index (χ3v) is 9.56. The molecule has 5 nitrogen and oxygen atoms in total. The molecule has 4 aliphatic carbocycles. The third-order valence-electron chi connectivity index (χ3n) is 9.56. The second-order valence-electron chi connectivity index (χ2n) is 11.7. The van der Waals surface area contributed by atoms with Crippen molar-refractivity contribution >= 4 is 29.3 Å². The Kier molecular flexibility index (Phi) is 6.14. The van der Waals surface area contributed by atoms with E-state index in [4.69, 9.17) is 10.2 Å². The van der Waals surface area contributed by atoms with Crippen molar-refractivity contribution in [3.63, 3.8) is 0 Å². The van der Waals surface area contributed by atoms with Crippen LogP contribution >= 0.6 is 12.4 Å². The van der Waals surface area contributed by atoms with Gasteiger partial charge in [0.05, 0.1) is 5.41 Å². The zero-order valence-corrected chi connectivity index (χ0v) is 21.6. The summed E-state index contributed by atoms with van der Waals surface area (Å²) in [6, 6.07) is 17.4. The number of nitrogens with zero attached hydrogens (tertiary/aromatic N) is 1. The molecule has 1 amide bonds. The van der Waals surface area contributed by atoms with Gasteiger partial charge in [0.2, 0.25) is 5.91 Å². The van der Waals surface area contributed by atoms with Crippen LogP contribution < -0.4 is 11.1 Å². The van der Waals surface area contributed by atoms with E-state index in [9.17, 15) is 4.79 Å². The highest BCUT2D eigenvalue weighted by atomic mass is 35.5. The lowest BCUT2D eigenvalue weighted by Crippen LogP contribution is -2.57. The van der Waals surface area contributed by atoms with E-state index in [0.717, 1.165) is 67.9 Å². The van der Waals surface area contributed by atoms with Crippen LogP contribution in [0, 0.1) is 23.2 Å². The summed E-state index contributed by atoms with van der Waals surface area (Å²) in [5.74, 6) is 2.90. The van der Waals surface area contributed by atoms with Crippen LogP contribution in [0.4, 0.5) is 0 Å². The van der Waals surface area contributed by atoms with E-state index >= 15 is 0 Å². The summed E-state index contributed by atoms with van der Waals surface area (Å²) in [7, 11) is 0. The highest BCUT2D eigenvalue weighted by Crippen LogP contribution is 2.66. The number of piperazine rings is 1. The fourth-order valence-corrected chi connectivity index (χ4v) is 8.37. The Morgan fingerprint density at radius 2 is 1.78 bits per heavy atom. The highest BCUT2D eigenvalue weighted by Gasteiger charge is 2.60. The van der Waals surface area contributed by atoms with Gasteiger partial charge in [0, 0.05) is 49.6 Å². The highest BCUT2D eigenvalue weighted by molar-refractivity contribution is 5.86. The molecule has 5 fully saturated rings. The normalized spacial score (nSPS) is 31.4. The first-order valence-electron chi connectivity index (χ1n) is 13.4.